The van der Waals surface area contributed by atoms with Crippen LogP contribution < -0.4 is 5.32 Å². The van der Waals surface area contributed by atoms with Crippen LogP contribution in [0.25, 0.3) is 0 Å². The summed E-state index contributed by atoms with van der Waals surface area (Å²) in [6, 6.07) is 17.6. The number of hydrogen-bond acceptors (Lipinski definition) is 6. The summed E-state index contributed by atoms with van der Waals surface area (Å²) in [6.45, 7) is 1.04. The Hall–Kier alpha value is -3.55. The number of carbonyl (C=O) groups is 1. The molecule has 1 saturated heterocycles. The summed E-state index contributed by atoms with van der Waals surface area (Å²) in [7, 11) is -3.66. The van der Waals surface area contributed by atoms with Gasteiger partial charge in [0, 0.05) is 19.0 Å². The maximum Gasteiger partial charge on any atom is 0.248 e. The fraction of sp³-hybridized carbons (Fsp3) is 0.273. The minimum absolute atomic E-state index is 0.146. The monoisotopic (exact) mass is 450 g/mol. The predicted molar refractivity (Wildman–Crippen MR) is 117 cm³/mol. The maximum atomic E-state index is 12.8. The van der Waals surface area contributed by atoms with Crippen molar-refractivity contribution in [3.05, 3.63) is 72.1 Å². The van der Waals surface area contributed by atoms with E-state index in [2.05, 4.69) is 15.4 Å². The van der Waals surface area contributed by atoms with E-state index in [1.807, 2.05) is 36.4 Å². The second kappa shape index (κ2) is 9.30. The molecule has 0 unspecified atom stereocenters. The van der Waals surface area contributed by atoms with Crippen molar-refractivity contribution < 1.29 is 13.2 Å². The molecule has 164 valence electrons. The van der Waals surface area contributed by atoms with Gasteiger partial charge in [-0.1, -0.05) is 30.3 Å². The number of aromatic nitrogens is 3. The number of sulfonamides is 1. The van der Waals surface area contributed by atoms with Gasteiger partial charge in [0.1, 0.15) is 6.33 Å². The summed E-state index contributed by atoms with van der Waals surface area (Å²) in [5, 5.41) is 15.9. The summed E-state index contributed by atoms with van der Waals surface area (Å²) < 4.78 is 28.7. The van der Waals surface area contributed by atoms with Gasteiger partial charge in [0.25, 0.3) is 0 Å². The van der Waals surface area contributed by atoms with Gasteiger partial charge in [-0.2, -0.15) is 9.57 Å². The van der Waals surface area contributed by atoms with Gasteiger partial charge in [-0.3, -0.25) is 10.1 Å². The predicted octanol–water partition coefficient (Wildman–Crippen LogP) is 2.24. The molecule has 1 fully saturated rings. The SMILES string of the molecule is N#Cc1ccc(S(=O)(=O)N2CCC(C(=O)Nc3ncn(Cc4ccccc4)n3)CC2)cc1. The molecule has 9 nitrogen and oxygen atoms in total. The number of anilines is 1. The molecule has 32 heavy (non-hydrogen) atoms. The topological polar surface area (TPSA) is 121 Å². The van der Waals surface area contributed by atoms with Crippen LogP contribution in [0.15, 0.2) is 65.8 Å². The molecule has 1 amide bonds. The molecule has 0 aliphatic carbocycles. The summed E-state index contributed by atoms with van der Waals surface area (Å²) in [4.78, 5) is 16.9. The Morgan fingerprint density at radius 3 is 2.44 bits per heavy atom. The minimum atomic E-state index is -3.66. The smallest absolute Gasteiger partial charge is 0.248 e. The quantitative estimate of drug-likeness (QED) is 0.615. The second-order valence-electron chi connectivity index (χ2n) is 7.56. The second-order valence-corrected chi connectivity index (χ2v) is 9.49. The summed E-state index contributed by atoms with van der Waals surface area (Å²) in [5.41, 5.74) is 1.48. The van der Waals surface area contributed by atoms with Crippen LogP contribution in [-0.4, -0.2) is 46.5 Å². The number of nitriles is 1. The highest BCUT2D eigenvalue weighted by Gasteiger charge is 2.32. The van der Waals surface area contributed by atoms with Crippen LogP contribution >= 0.6 is 0 Å². The van der Waals surface area contributed by atoms with Gasteiger partial charge in [-0.25, -0.2) is 18.1 Å². The lowest BCUT2D eigenvalue weighted by atomic mass is 9.97. The first-order valence-electron chi connectivity index (χ1n) is 10.2. The molecule has 0 radical (unpaired) electrons. The lowest BCUT2D eigenvalue weighted by molar-refractivity contribution is -0.121. The van der Waals surface area contributed by atoms with Crippen LogP contribution in [0.1, 0.15) is 24.0 Å². The molecule has 2 aromatic carbocycles. The Balaban J connectivity index is 1.32. The fourth-order valence-electron chi connectivity index (χ4n) is 3.62. The van der Waals surface area contributed by atoms with E-state index >= 15 is 0 Å². The summed E-state index contributed by atoms with van der Waals surface area (Å²) >= 11 is 0. The van der Waals surface area contributed by atoms with Crippen molar-refractivity contribution in [1.82, 2.24) is 19.1 Å². The average Bonchev–Trinajstić information content (AvgIpc) is 3.26. The molecule has 3 aromatic rings. The highest BCUT2D eigenvalue weighted by atomic mass is 32.2. The Bertz CT molecular complexity index is 1220. The molecule has 4 rings (SSSR count). The van der Waals surface area contributed by atoms with Crippen molar-refractivity contribution in [3.63, 3.8) is 0 Å². The van der Waals surface area contributed by atoms with Crippen molar-refractivity contribution in [1.29, 1.82) is 5.26 Å². The normalized spacial score (nSPS) is 15.2. The van der Waals surface area contributed by atoms with Gasteiger partial charge in [0.15, 0.2) is 0 Å². The van der Waals surface area contributed by atoms with Crippen molar-refractivity contribution in [2.75, 3.05) is 18.4 Å². The van der Waals surface area contributed by atoms with Crippen LogP contribution in [0.2, 0.25) is 0 Å². The first kappa shape index (κ1) is 21.7. The minimum Gasteiger partial charge on any atom is -0.293 e. The molecule has 10 heteroatoms. The Morgan fingerprint density at radius 1 is 1.09 bits per heavy atom. The number of piperidine rings is 1. The number of nitrogens with one attached hydrogen (secondary N) is 1. The van der Waals surface area contributed by atoms with E-state index in [0.29, 0.717) is 24.9 Å². The largest absolute Gasteiger partial charge is 0.293 e. The van der Waals surface area contributed by atoms with Gasteiger partial charge in [-0.15, -0.1) is 5.10 Å². The molecule has 0 bridgehead atoms. The zero-order valence-electron chi connectivity index (χ0n) is 17.3. The van der Waals surface area contributed by atoms with Gasteiger partial charge in [0.2, 0.25) is 21.9 Å². The van der Waals surface area contributed by atoms with Crippen LogP contribution in [-0.2, 0) is 21.4 Å². The van der Waals surface area contributed by atoms with E-state index in [9.17, 15) is 13.2 Å². The van der Waals surface area contributed by atoms with E-state index in [-0.39, 0.29) is 35.8 Å². The first-order chi connectivity index (χ1) is 15.5. The molecule has 2 heterocycles. The number of carbonyl (C=O) groups excluding carboxylic acids is 1. The van der Waals surface area contributed by atoms with Crippen molar-refractivity contribution >= 4 is 21.9 Å². The van der Waals surface area contributed by atoms with E-state index < -0.39 is 10.0 Å². The molecule has 1 aliphatic heterocycles. The first-order valence-corrected chi connectivity index (χ1v) is 11.6. The van der Waals surface area contributed by atoms with Crippen molar-refractivity contribution in [2.24, 2.45) is 5.92 Å². The molecule has 0 atom stereocenters. The third-order valence-corrected chi connectivity index (χ3v) is 7.32. The number of hydrogen-bond donors (Lipinski definition) is 1. The molecular weight excluding hydrogens is 428 g/mol. The number of nitrogens with zero attached hydrogens (tertiary/aromatic N) is 5. The van der Waals surface area contributed by atoms with E-state index in [1.165, 1.54) is 28.6 Å². The lowest BCUT2D eigenvalue weighted by Gasteiger charge is -2.30. The van der Waals surface area contributed by atoms with Gasteiger partial charge in [0.05, 0.1) is 23.1 Å². The molecular formula is C22H22N6O3S. The highest BCUT2D eigenvalue weighted by Crippen LogP contribution is 2.24. The number of benzene rings is 2. The zero-order valence-corrected chi connectivity index (χ0v) is 18.1. The highest BCUT2D eigenvalue weighted by molar-refractivity contribution is 7.89. The Kier molecular flexibility index (Phi) is 6.30. The van der Waals surface area contributed by atoms with Gasteiger partial charge >= 0.3 is 0 Å². The van der Waals surface area contributed by atoms with Crippen molar-refractivity contribution in [2.45, 2.75) is 24.3 Å². The average molecular weight is 451 g/mol. The zero-order chi connectivity index (χ0) is 22.6. The van der Waals surface area contributed by atoms with Crippen molar-refractivity contribution in [3.8, 4) is 6.07 Å². The molecule has 1 aromatic heterocycles. The van der Waals surface area contributed by atoms with E-state index in [4.69, 9.17) is 5.26 Å². The molecule has 0 saturated carbocycles. The van der Waals surface area contributed by atoms with Gasteiger partial charge < -0.3 is 0 Å². The third kappa shape index (κ3) is 4.85. The maximum absolute atomic E-state index is 12.8. The molecule has 0 spiro atoms. The van der Waals surface area contributed by atoms with Crippen LogP contribution in [0.5, 0.6) is 0 Å². The third-order valence-electron chi connectivity index (χ3n) is 5.40. The van der Waals surface area contributed by atoms with E-state index in [1.54, 1.807) is 11.0 Å². The van der Waals surface area contributed by atoms with E-state index in [0.717, 1.165) is 5.56 Å². The molecule has 1 N–H and O–H groups in total. The summed E-state index contributed by atoms with van der Waals surface area (Å²) in [5.74, 6) is -0.292. The number of amides is 1. The summed E-state index contributed by atoms with van der Waals surface area (Å²) in [6.07, 6.45) is 2.38. The lowest BCUT2D eigenvalue weighted by Crippen LogP contribution is -2.41. The fourth-order valence-corrected chi connectivity index (χ4v) is 5.09. The van der Waals surface area contributed by atoms with Crippen LogP contribution in [0, 0.1) is 17.2 Å². The standard InChI is InChI=1S/C22H22N6O3S/c23-14-17-6-8-20(9-7-17)32(30,31)28-12-10-19(11-13-28)21(29)25-22-24-16-27(26-22)15-18-4-2-1-3-5-18/h1-9,16,19H,10-13,15H2,(H,25,26,29). The molecule has 1 aliphatic rings. The van der Waals surface area contributed by atoms with Crippen LogP contribution in [0.4, 0.5) is 5.95 Å². The Morgan fingerprint density at radius 2 is 1.78 bits per heavy atom. The Labute approximate surface area is 186 Å². The van der Waals surface area contributed by atoms with Crippen LogP contribution in [0.3, 0.4) is 0 Å². The number of rotatable bonds is 6. The van der Waals surface area contributed by atoms with Gasteiger partial charge in [-0.05, 0) is 42.7 Å².